The van der Waals surface area contributed by atoms with Crippen LogP contribution in [0, 0.1) is 18.7 Å². The molecule has 0 bridgehead atoms. The van der Waals surface area contributed by atoms with Crippen LogP contribution in [0.1, 0.15) is 35.6 Å². The maximum Gasteiger partial charge on any atom is 0.227 e. The highest BCUT2D eigenvalue weighted by Gasteiger charge is 2.37. The zero-order valence-electron chi connectivity index (χ0n) is 21.4. The van der Waals surface area contributed by atoms with E-state index in [1.165, 1.54) is 11.6 Å². The molecule has 0 N–H and O–H groups in total. The second-order valence-electron chi connectivity index (χ2n) is 10.2. The summed E-state index contributed by atoms with van der Waals surface area (Å²) in [7, 11) is 0. The molecule has 2 aliphatic heterocycles. The van der Waals surface area contributed by atoms with Gasteiger partial charge in [-0.15, -0.1) is 0 Å². The number of nitrogens with zero attached hydrogens (tertiary/aromatic N) is 3. The average molecular weight is 500 g/mol. The van der Waals surface area contributed by atoms with Gasteiger partial charge in [0.05, 0.1) is 24.1 Å². The fourth-order valence-electron chi connectivity index (χ4n) is 5.68. The second kappa shape index (κ2) is 11.2. The van der Waals surface area contributed by atoms with Crippen LogP contribution >= 0.6 is 0 Å². The molecule has 192 valence electrons. The summed E-state index contributed by atoms with van der Waals surface area (Å²) in [6.07, 6.45) is 1.83. The van der Waals surface area contributed by atoms with Gasteiger partial charge in [-0.2, -0.15) is 0 Å². The lowest BCUT2D eigenvalue weighted by Gasteiger charge is -2.43. The van der Waals surface area contributed by atoms with Crippen molar-refractivity contribution >= 4 is 17.5 Å². The Morgan fingerprint density at radius 3 is 2.32 bits per heavy atom. The largest absolute Gasteiger partial charge is 0.366 e. The molecule has 2 atom stereocenters. The first-order chi connectivity index (χ1) is 18.0. The lowest BCUT2D eigenvalue weighted by Crippen LogP contribution is -2.53. The molecule has 37 heavy (non-hydrogen) atoms. The standard InChI is InChI=1S/C31H34FN3O2/c1-23-8-7-11-25(20-23)28-15-14-26(22-35(28)30(36)21-24-9-3-2-4-10-24)31(37)34-18-16-33(17-19-34)29-13-6-5-12-27(29)32/h2-13,20,26,28H,14-19,21-22H2,1H3/t26-,28+/m1/s1. The van der Waals surface area contributed by atoms with Crippen LogP contribution in [-0.4, -0.2) is 54.3 Å². The maximum atomic E-state index is 14.2. The van der Waals surface area contributed by atoms with E-state index in [9.17, 15) is 14.0 Å². The summed E-state index contributed by atoms with van der Waals surface area (Å²) in [4.78, 5) is 33.0. The van der Waals surface area contributed by atoms with Crippen LogP contribution in [0.15, 0.2) is 78.9 Å². The molecule has 2 fully saturated rings. The molecule has 5 rings (SSSR count). The summed E-state index contributed by atoms with van der Waals surface area (Å²) in [5, 5.41) is 0. The molecule has 0 spiro atoms. The Kier molecular flexibility index (Phi) is 7.54. The molecule has 0 unspecified atom stereocenters. The first-order valence-electron chi connectivity index (χ1n) is 13.2. The number of amides is 2. The molecule has 2 aliphatic rings. The van der Waals surface area contributed by atoms with E-state index in [-0.39, 0.29) is 29.6 Å². The number of para-hydroxylation sites is 1. The maximum absolute atomic E-state index is 14.2. The Balaban J connectivity index is 1.29. The van der Waals surface area contributed by atoms with Crippen molar-refractivity contribution < 1.29 is 14.0 Å². The van der Waals surface area contributed by atoms with E-state index in [4.69, 9.17) is 0 Å². The topological polar surface area (TPSA) is 43.9 Å². The lowest BCUT2D eigenvalue weighted by atomic mass is 9.87. The number of aryl methyl sites for hydroxylation is 1. The second-order valence-corrected chi connectivity index (χ2v) is 10.2. The number of carbonyl (C=O) groups excluding carboxylic acids is 2. The van der Waals surface area contributed by atoms with Crippen molar-refractivity contribution in [2.45, 2.75) is 32.2 Å². The summed E-state index contributed by atoms with van der Waals surface area (Å²) in [6.45, 7) is 4.81. The highest BCUT2D eigenvalue weighted by molar-refractivity contribution is 5.83. The van der Waals surface area contributed by atoms with Crippen molar-refractivity contribution in [1.82, 2.24) is 9.80 Å². The molecule has 2 amide bonds. The van der Waals surface area contributed by atoms with Crippen molar-refractivity contribution in [3.8, 4) is 0 Å². The average Bonchev–Trinajstić information content (AvgIpc) is 2.93. The van der Waals surface area contributed by atoms with E-state index in [2.05, 4.69) is 25.1 Å². The Labute approximate surface area is 218 Å². The van der Waals surface area contributed by atoms with Gasteiger partial charge in [0.25, 0.3) is 0 Å². The smallest absolute Gasteiger partial charge is 0.227 e. The van der Waals surface area contributed by atoms with E-state index in [0.717, 1.165) is 24.0 Å². The molecular weight excluding hydrogens is 465 g/mol. The van der Waals surface area contributed by atoms with Gasteiger partial charge in [0.1, 0.15) is 5.82 Å². The van der Waals surface area contributed by atoms with Gasteiger partial charge in [-0.05, 0) is 43.0 Å². The van der Waals surface area contributed by atoms with Crippen molar-refractivity contribution in [1.29, 1.82) is 0 Å². The van der Waals surface area contributed by atoms with Crippen molar-refractivity contribution in [3.63, 3.8) is 0 Å². The van der Waals surface area contributed by atoms with E-state index < -0.39 is 0 Å². The Bertz CT molecular complexity index is 1240. The van der Waals surface area contributed by atoms with Gasteiger partial charge in [-0.3, -0.25) is 9.59 Å². The van der Waals surface area contributed by atoms with Gasteiger partial charge in [-0.25, -0.2) is 4.39 Å². The Morgan fingerprint density at radius 2 is 1.59 bits per heavy atom. The SMILES string of the molecule is Cc1cccc([C@@H]2CC[C@@H](C(=O)N3CCN(c4ccccc4F)CC3)CN2C(=O)Cc2ccccc2)c1. The van der Waals surface area contributed by atoms with Gasteiger partial charge in [0.15, 0.2) is 0 Å². The lowest BCUT2D eigenvalue weighted by molar-refractivity contribution is -0.143. The zero-order valence-corrected chi connectivity index (χ0v) is 21.4. The number of hydrogen-bond donors (Lipinski definition) is 0. The number of piperazine rings is 1. The fraction of sp³-hybridized carbons (Fsp3) is 0.355. The minimum absolute atomic E-state index is 0.0296. The van der Waals surface area contributed by atoms with E-state index in [1.54, 1.807) is 12.1 Å². The predicted molar refractivity (Wildman–Crippen MR) is 144 cm³/mol. The monoisotopic (exact) mass is 499 g/mol. The summed E-state index contributed by atoms with van der Waals surface area (Å²) >= 11 is 0. The number of halogens is 1. The quantitative estimate of drug-likeness (QED) is 0.496. The van der Waals surface area contributed by atoms with E-state index in [0.29, 0.717) is 44.8 Å². The van der Waals surface area contributed by atoms with Crippen LogP contribution in [0.5, 0.6) is 0 Å². The van der Waals surface area contributed by atoms with Gasteiger partial charge in [-0.1, -0.05) is 72.3 Å². The first kappa shape index (κ1) is 25.0. The van der Waals surface area contributed by atoms with Crippen LogP contribution in [0.2, 0.25) is 0 Å². The predicted octanol–water partition coefficient (Wildman–Crippen LogP) is 5.01. The summed E-state index contributed by atoms with van der Waals surface area (Å²) in [5.41, 5.74) is 3.86. The molecule has 0 aliphatic carbocycles. The molecule has 0 aromatic heterocycles. The minimum atomic E-state index is -0.232. The number of hydrogen-bond acceptors (Lipinski definition) is 3. The van der Waals surface area contributed by atoms with Crippen LogP contribution in [0.3, 0.4) is 0 Å². The molecular formula is C31H34FN3O2. The molecule has 3 aromatic carbocycles. The fourth-order valence-corrected chi connectivity index (χ4v) is 5.68. The normalized spacial score (nSPS) is 20.1. The highest BCUT2D eigenvalue weighted by atomic mass is 19.1. The molecule has 0 saturated carbocycles. The van der Waals surface area contributed by atoms with Crippen molar-refractivity contribution in [3.05, 3.63) is 101 Å². The molecule has 5 nitrogen and oxygen atoms in total. The number of benzene rings is 3. The number of carbonyl (C=O) groups is 2. The molecule has 2 saturated heterocycles. The third-order valence-corrected chi connectivity index (χ3v) is 7.66. The molecule has 6 heteroatoms. The van der Waals surface area contributed by atoms with Crippen LogP contribution in [0.4, 0.5) is 10.1 Å². The van der Waals surface area contributed by atoms with Crippen LogP contribution in [0.25, 0.3) is 0 Å². The van der Waals surface area contributed by atoms with Gasteiger partial charge in [0, 0.05) is 32.7 Å². The minimum Gasteiger partial charge on any atom is -0.366 e. The summed E-state index contributed by atoms with van der Waals surface area (Å²) in [6, 6.07) is 24.9. The van der Waals surface area contributed by atoms with Crippen molar-refractivity contribution in [2.24, 2.45) is 5.92 Å². The van der Waals surface area contributed by atoms with Gasteiger partial charge in [0.2, 0.25) is 11.8 Å². The van der Waals surface area contributed by atoms with Gasteiger partial charge >= 0.3 is 0 Å². The number of rotatable bonds is 5. The number of anilines is 1. The molecule has 3 aromatic rings. The highest BCUT2D eigenvalue weighted by Crippen LogP contribution is 2.35. The van der Waals surface area contributed by atoms with Gasteiger partial charge < -0.3 is 14.7 Å². The third-order valence-electron chi connectivity index (χ3n) is 7.66. The number of piperidine rings is 1. The van der Waals surface area contributed by atoms with Crippen LogP contribution in [-0.2, 0) is 16.0 Å². The van der Waals surface area contributed by atoms with E-state index in [1.807, 2.05) is 57.2 Å². The van der Waals surface area contributed by atoms with Crippen LogP contribution < -0.4 is 4.90 Å². The van der Waals surface area contributed by atoms with Crippen molar-refractivity contribution in [2.75, 3.05) is 37.6 Å². The summed E-state index contributed by atoms with van der Waals surface area (Å²) in [5.74, 6) is -0.293. The molecule has 0 radical (unpaired) electrons. The first-order valence-corrected chi connectivity index (χ1v) is 13.2. The Morgan fingerprint density at radius 1 is 0.865 bits per heavy atom. The third kappa shape index (κ3) is 5.68. The number of likely N-dealkylation sites (tertiary alicyclic amines) is 1. The van der Waals surface area contributed by atoms with E-state index >= 15 is 0 Å². The Hall–Kier alpha value is -3.67. The molecule has 2 heterocycles. The zero-order chi connectivity index (χ0) is 25.8. The summed E-state index contributed by atoms with van der Waals surface area (Å²) < 4.78 is 14.2.